The fraction of sp³-hybridized carbons (Fsp3) is 0.636. The molecule has 3 atom stereocenters. The number of alkyl halides is 3. The normalized spacial score (nSPS) is 28.2. The second kappa shape index (κ2) is 6.01. The Bertz CT molecular complexity index is 621. The number of nitrogens with zero attached hydrogens (tertiary/aromatic N) is 2. The molecule has 0 saturated carbocycles. The van der Waals surface area contributed by atoms with Crippen LogP contribution in [0.3, 0.4) is 0 Å². The van der Waals surface area contributed by atoms with Gasteiger partial charge in [-0.05, 0) is 12.8 Å². The summed E-state index contributed by atoms with van der Waals surface area (Å²) in [6, 6.07) is -0.794. The molecule has 1 amide bonds. The van der Waals surface area contributed by atoms with Crippen LogP contribution in [0.4, 0.5) is 13.2 Å². The van der Waals surface area contributed by atoms with Gasteiger partial charge in [0.25, 0.3) is 5.91 Å². The molecule has 118 valence electrons. The number of amides is 1. The van der Waals surface area contributed by atoms with Crippen LogP contribution in [0.2, 0.25) is 0 Å². The lowest BCUT2D eigenvalue weighted by atomic mass is 10.1. The molecule has 0 spiro atoms. The third-order valence-corrected chi connectivity index (χ3v) is 6.34. The van der Waals surface area contributed by atoms with Crippen molar-refractivity contribution in [3.8, 4) is 0 Å². The molecule has 2 heterocycles. The van der Waals surface area contributed by atoms with Crippen molar-refractivity contribution in [2.75, 3.05) is 11.5 Å². The summed E-state index contributed by atoms with van der Waals surface area (Å²) in [6.07, 6.45) is -3.38. The summed E-state index contributed by atoms with van der Waals surface area (Å²) in [7, 11) is -2.95. The molecule has 21 heavy (non-hydrogen) atoms. The van der Waals surface area contributed by atoms with Crippen LogP contribution in [0.15, 0.2) is 15.9 Å². The molecule has 2 rings (SSSR count). The van der Waals surface area contributed by atoms with Gasteiger partial charge in [-0.3, -0.25) is 4.79 Å². The fourth-order valence-electron chi connectivity index (χ4n) is 2.00. The number of carbonyl (C=O) groups excluding carboxylic acids is 1. The van der Waals surface area contributed by atoms with Gasteiger partial charge >= 0.3 is 6.18 Å². The van der Waals surface area contributed by atoms with Crippen molar-refractivity contribution in [2.24, 2.45) is 10.1 Å². The molecule has 2 N–H and O–H groups in total. The summed E-state index contributed by atoms with van der Waals surface area (Å²) in [6.45, 7) is 0. The van der Waals surface area contributed by atoms with Crippen LogP contribution in [-0.4, -0.2) is 38.8 Å². The summed E-state index contributed by atoms with van der Waals surface area (Å²) >= 11 is 0.903. The SMILES string of the molecule is NC1CCS(=O)(CCC(c2nccs2)C(F)(F)F)=NC1=O. The van der Waals surface area contributed by atoms with Crippen molar-refractivity contribution in [1.82, 2.24) is 4.98 Å². The molecule has 1 aliphatic heterocycles. The number of hydrogen-bond acceptors (Lipinski definition) is 5. The highest BCUT2D eigenvalue weighted by atomic mass is 32.2. The zero-order chi connectivity index (χ0) is 15.7. The highest BCUT2D eigenvalue weighted by Gasteiger charge is 2.42. The summed E-state index contributed by atoms with van der Waals surface area (Å²) in [5.74, 6) is -2.70. The number of halogens is 3. The number of carbonyl (C=O) groups is 1. The van der Waals surface area contributed by atoms with E-state index in [0.29, 0.717) is 0 Å². The summed E-state index contributed by atoms with van der Waals surface area (Å²) in [5, 5.41) is 1.39. The van der Waals surface area contributed by atoms with Crippen molar-refractivity contribution < 1.29 is 22.2 Å². The molecule has 0 saturated heterocycles. The quantitative estimate of drug-likeness (QED) is 0.906. The number of rotatable bonds is 4. The Morgan fingerprint density at radius 2 is 2.24 bits per heavy atom. The number of hydrogen-bond donors (Lipinski definition) is 1. The zero-order valence-electron chi connectivity index (χ0n) is 10.9. The summed E-state index contributed by atoms with van der Waals surface area (Å²) in [5.41, 5.74) is 5.44. The Morgan fingerprint density at radius 3 is 2.76 bits per heavy atom. The lowest BCUT2D eigenvalue weighted by molar-refractivity contribution is -0.150. The molecule has 1 aromatic heterocycles. The largest absolute Gasteiger partial charge is 0.398 e. The van der Waals surface area contributed by atoms with Gasteiger partial charge in [-0.15, -0.1) is 11.3 Å². The third kappa shape index (κ3) is 4.01. The average Bonchev–Trinajstić information content (AvgIpc) is 2.87. The van der Waals surface area contributed by atoms with E-state index in [2.05, 4.69) is 9.35 Å². The molecular weight excluding hydrogens is 327 g/mol. The van der Waals surface area contributed by atoms with Crippen molar-refractivity contribution >= 4 is 27.0 Å². The van der Waals surface area contributed by atoms with Crippen LogP contribution < -0.4 is 5.73 Å². The highest BCUT2D eigenvalue weighted by molar-refractivity contribution is 7.93. The molecule has 1 aromatic rings. The van der Waals surface area contributed by atoms with Gasteiger partial charge in [0.2, 0.25) is 0 Å². The standard InChI is InChI=1S/C11H14F3N3O2S2/c12-11(13,14)7(10-16-3-4-20-10)1-5-21(19)6-2-8(15)9(18)17-21/h3-4,7-8H,1-2,5-6,15H2. The predicted molar refractivity (Wildman–Crippen MR) is 73.4 cm³/mol. The molecule has 0 radical (unpaired) electrons. The van der Waals surface area contributed by atoms with Gasteiger partial charge in [0.15, 0.2) is 0 Å². The smallest absolute Gasteiger partial charge is 0.320 e. The fourth-order valence-corrected chi connectivity index (χ4v) is 4.87. The van der Waals surface area contributed by atoms with E-state index >= 15 is 0 Å². The zero-order valence-corrected chi connectivity index (χ0v) is 12.5. The maximum atomic E-state index is 13.1. The van der Waals surface area contributed by atoms with E-state index in [1.165, 1.54) is 11.6 Å². The average molecular weight is 341 g/mol. The molecule has 0 aromatic carbocycles. The van der Waals surface area contributed by atoms with Crippen LogP contribution in [0.1, 0.15) is 23.8 Å². The van der Waals surface area contributed by atoms with Gasteiger partial charge in [-0.1, -0.05) is 0 Å². The Balaban J connectivity index is 2.15. The lowest BCUT2D eigenvalue weighted by Gasteiger charge is -2.21. The molecule has 1 aliphatic rings. The number of aromatic nitrogens is 1. The molecule has 3 unspecified atom stereocenters. The summed E-state index contributed by atoms with van der Waals surface area (Å²) < 4.78 is 55.0. The maximum absolute atomic E-state index is 13.1. The van der Waals surface area contributed by atoms with Crippen molar-refractivity contribution in [3.63, 3.8) is 0 Å². The van der Waals surface area contributed by atoms with Crippen molar-refractivity contribution in [2.45, 2.75) is 31.0 Å². The Morgan fingerprint density at radius 1 is 1.52 bits per heavy atom. The second-order valence-corrected chi connectivity index (χ2v) is 8.23. The van der Waals surface area contributed by atoms with E-state index in [1.807, 2.05) is 0 Å². The minimum Gasteiger partial charge on any atom is -0.320 e. The van der Waals surface area contributed by atoms with Crippen LogP contribution >= 0.6 is 11.3 Å². The molecule has 10 heteroatoms. The molecular formula is C11H14F3N3O2S2. The number of thiazole rings is 1. The van der Waals surface area contributed by atoms with Gasteiger partial charge in [0.1, 0.15) is 10.9 Å². The monoisotopic (exact) mass is 341 g/mol. The lowest BCUT2D eigenvalue weighted by Crippen LogP contribution is -2.37. The van der Waals surface area contributed by atoms with E-state index in [4.69, 9.17) is 5.73 Å². The Kier molecular flexibility index (Phi) is 4.69. The van der Waals surface area contributed by atoms with E-state index in [-0.39, 0.29) is 22.9 Å². The first-order chi connectivity index (χ1) is 9.71. The van der Waals surface area contributed by atoms with Crippen LogP contribution in [0.5, 0.6) is 0 Å². The minimum atomic E-state index is -4.47. The topological polar surface area (TPSA) is 85.4 Å². The van der Waals surface area contributed by atoms with Crippen LogP contribution in [0.25, 0.3) is 0 Å². The van der Waals surface area contributed by atoms with Gasteiger partial charge in [0, 0.05) is 23.1 Å². The molecule has 0 bridgehead atoms. The van der Waals surface area contributed by atoms with E-state index < -0.39 is 40.2 Å². The van der Waals surface area contributed by atoms with Crippen LogP contribution in [-0.2, 0) is 14.5 Å². The first-order valence-electron chi connectivity index (χ1n) is 6.19. The predicted octanol–water partition coefficient (Wildman–Crippen LogP) is 1.90. The van der Waals surface area contributed by atoms with E-state index in [1.54, 1.807) is 0 Å². The Hall–Kier alpha value is -1.00. The summed E-state index contributed by atoms with van der Waals surface area (Å²) in [4.78, 5) is 15.1. The van der Waals surface area contributed by atoms with Gasteiger partial charge in [-0.25, -0.2) is 9.19 Å². The van der Waals surface area contributed by atoms with Gasteiger partial charge in [0.05, 0.1) is 15.8 Å². The Labute approximate surface area is 123 Å². The highest BCUT2D eigenvalue weighted by Crippen LogP contribution is 2.38. The van der Waals surface area contributed by atoms with Crippen LogP contribution in [0, 0.1) is 0 Å². The third-order valence-electron chi connectivity index (χ3n) is 3.19. The van der Waals surface area contributed by atoms with E-state index in [0.717, 1.165) is 11.3 Å². The molecule has 0 aliphatic carbocycles. The minimum absolute atomic E-state index is 0.0579. The first-order valence-corrected chi connectivity index (χ1v) is 8.92. The molecule has 5 nitrogen and oxygen atoms in total. The maximum Gasteiger partial charge on any atom is 0.398 e. The van der Waals surface area contributed by atoms with E-state index in [9.17, 15) is 22.2 Å². The van der Waals surface area contributed by atoms with Crippen molar-refractivity contribution in [1.29, 1.82) is 0 Å². The molecule has 0 fully saturated rings. The van der Waals surface area contributed by atoms with Crippen molar-refractivity contribution in [3.05, 3.63) is 16.6 Å². The first kappa shape index (κ1) is 16.4. The second-order valence-electron chi connectivity index (χ2n) is 4.76. The van der Waals surface area contributed by atoms with Gasteiger partial charge < -0.3 is 5.73 Å². The number of nitrogens with two attached hydrogens (primary N) is 1. The van der Waals surface area contributed by atoms with Gasteiger partial charge in [-0.2, -0.15) is 17.5 Å².